The van der Waals surface area contributed by atoms with E-state index >= 15 is 0 Å². The fourth-order valence-electron chi connectivity index (χ4n) is 3.90. The molecule has 0 N–H and O–H groups in total. The number of piperidine rings is 1. The molecule has 2 aromatic rings. The Morgan fingerprint density at radius 2 is 2.25 bits per heavy atom. The molecule has 1 fully saturated rings. The predicted molar refractivity (Wildman–Crippen MR) is 89.3 cm³/mol. The Bertz CT molecular complexity index is 776. The van der Waals surface area contributed by atoms with Gasteiger partial charge in [-0.3, -0.25) is 9.48 Å². The minimum absolute atomic E-state index is 0.0328. The van der Waals surface area contributed by atoms with E-state index < -0.39 is 0 Å². The SMILES string of the molecule is Cn1ccc(-c2cc(C(=O)N3CCC[C@]4(CC=CCC4)C3)no2)n1. The number of hydrogen-bond acceptors (Lipinski definition) is 4. The van der Waals surface area contributed by atoms with E-state index in [1.54, 1.807) is 10.7 Å². The van der Waals surface area contributed by atoms with Crippen molar-refractivity contribution in [3.8, 4) is 11.5 Å². The highest BCUT2D eigenvalue weighted by molar-refractivity contribution is 5.93. The van der Waals surface area contributed by atoms with Crippen molar-refractivity contribution >= 4 is 5.91 Å². The van der Waals surface area contributed by atoms with E-state index in [9.17, 15) is 4.79 Å². The highest BCUT2D eigenvalue weighted by Crippen LogP contribution is 2.41. The molecule has 1 amide bonds. The zero-order valence-corrected chi connectivity index (χ0v) is 13.9. The van der Waals surface area contributed by atoms with E-state index in [0.29, 0.717) is 17.1 Å². The van der Waals surface area contributed by atoms with Crippen LogP contribution in [0, 0.1) is 5.41 Å². The minimum Gasteiger partial charge on any atom is -0.354 e. The summed E-state index contributed by atoms with van der Waals surface area (Å²) >= 11 is 0. The average Bonchev–Trinajstić information content (AvgIpc) is 3.24. The molecule has 0 radical (unpaired) electrons. The molecule has 0 saturated carbocycles. The number of hydrogen-bond donors (Lipinski definition) is 0. The van der Waals surface area contributed by atoms with Gasteiger partial charge in [0.05, 0.1) is 0 Å². The van der Waals surface area contributed by atoms with Crippen LogP contribution in [0.15, 0.2) is 35.0 Å². The van der Waals surface area contributed by atoms with Crippen LogP contribution in [-0.4, -0.2) is 38.8 Å². The van der Waals surface area contributed by atoms with Gasteiger partial charge in [-0.25, -0.2) is 0 Å². The first-order valence-electron chi connectivity index (χ1n) is 8.56. The van der Waals surface area contributed by atoms with Crippen LogP contribution in [0.4, 0.5) is 0 Å². The van der Waals surface area contributed by atoms with Crippen LogP contribution >= 0.6 is 0 Å². The molecule has 3 heterocycles. The largest absolute Gasteiger partial charge is 0.354 e. The summed E-state index contributed by atoms with van der Waals surface area (Å²) in [4.78, 5) is 14.8. The molecule has 2 aromatic heterocycles. The fraction of sp³-hybridized carbons (Fsp3) is 0.500. The Kier molecular flexibility index (Phi) is 3.75. The van der Waals surface area contributed by atoms with Crippen molar-refractivity contribution in [1.29, 1.82) is 0 Å². The summed E-state index contributed by atoms with van der Waals surface area (Å²) in [5.74, 6) is 0.501. The van der Waals surface area contributed by atoms with Gasteiger partial charge in [0.25, 0.3) is 5.91 Å². The Morgan fingerprint density at radius 1 is 1.33 bits per heavy atom. The zero-order valence-electron chi connectivity index (χ0n) is 13.9. The Hall–Kier alpha value is -2.37. The molecule has 0 aromatic carbocycles. The highest BCUT2D eigenvalue weighted by atomic mass is 16.5. The first-order valence-corrected chi connectivity index (χ1v) is 8.56. The molecule has 4 rings (SSSR count). The molecular formula is C18H22N4O2. The molecular weight excluding hydrogens is 304 g/mol. The molecule has 1 spiro atoms. The molecule has 0 unspecified atom stereocenters. The van der Waals surface area contributed by atoms with Crippen molar-refractivity contribution < 1.29 is 9.32 Å². The predicted octanol–water partition coefficient (Wildman–Crippen LogP) is 3.04. The van der Waals surface area contributed by atoms with Gasteiger partial charge in [-0.15, -0.1) is 0 Å². The van der Waals surface area contributed by atoms with Crippen molar-refractivity contribution in [2.75, 3.05) is 13.1 Å². The van der Waals surface area contributed by atoms with Crippen molar-refractivity contribution in [3.05, 3.63) is 36.2 Å². The smallest absolute Gasteiger partial charge is 0.276 e. The number of nitrogens with zero attached hydrogens (tertiary/aromatic N) is 4. The third-order valence-corrected chi connectivity index (χ3v) is 5.20. The van der Waals surface area contributed by atoms with Crippen LogP contribution in [0.3, 0.4) is 0 Å². The highest BCUT2D eigenvalue weighted by Gasteiger charge is 2.37. The molecule has 24 heavy (non-hydrogen) atoms. The summed E-state index contributed by atoms with van der Waals surface area (Å²) in [6.45, 7) is 1.62. The quantitative estimate of drug-likeness (QED) is 0.796. The van der Waals surface area contributed by atoms with E-state index in [-0.39, 0.29) is 11.3 Å². The molecule has 1 saturated heterocycles. The number of amides is 1. The second-order valence-electron chi connectivity index (χ2n) is 7.00. The number of likely N-dealkylation sites (tertiary alicyclic amines) is 1. The lowest BCUT2D eigenvalue weighted by Crippen LogP contribution is -2.46. The monoisotopic (exact) mass is 326 g/mol. The second-order valence-corrected chi connectivity index (χ2v) is 7.00. The maximum atomic E-state index is 12.8. The van der Waals surface area contributed by atoms with Gasteiger partial charge in [0, 0.05) is 32.4 Å². The first kappa shape index (κ1) is 15.2. The van der Waals surface area contributed by atoms with Crippen molar-refractivity contribution in [2.45, 2.75) is 32.1 Å². The van der Waals surface area contributed by atoms with Crippen LogP contribution in [0.5, 0.6) is 0 Å². The zero-order chi connectivity index (χ0) is 16.6. The summed E-state index contributed by atoms with van der Waals surface area (Å²) in [6, 6.07) is 3.55. The summed E-state index contributed by atoms with van der Waals surface area (Å²) in [5.41, 5.74) is 1.33. The molecule has 126 valence electrons. The topological polar surface area (TPSA) is 64.2 Å². The van der Waals surface area contributed by atoms with Gasteiger partial charge in [0.1, 0.15) is 5.69 Å². The minimum atomic E-state index is -0.0328. The number of aromatic nitrogens is 3. The molecule has 1 atom stereocenters. The van der Waals surface area contributed by atoms with Crippen LogP contribution in [0.2, 0.25) is 0 Å². The van der Waals surface area contributed by atoms with Crippen molar-refractivity contribution in [3.63, 3.8) is 0 Å². The van der Waals surface area contributed by atoms with Gasteiger partial charge in [-0.1, -0.05) is 17.3 Å². The van der Waals surface area contributed by atoms with E-state index in [4.69, 9.17) is 4.52 Å². The number of carbonyl (C=O) groups is 1. The van der Waals surface area contributed by atoms with Gasteiger partial charge in [-0.05, 0) is 43.6 Å². The van der Waals surface area contributed by atoms with Crippen LogP contribution in [0.1, 0.15) is 42.6 Å². The van der Waals surface area contributed by atoms with Gasteiger partial charge < -0.3 is 9.42 Å². The lowest BCUT2D eigenvalue weighted by molar-refractivity contribution is 0.0475. The Morgan fingerprint density at radius 3 is 3.00 bits per heavy atom. The first-order chi connectivity index (χ1) is 11.7. The maximum absolute atomic E-state index is 12.8. The summed E-state index contributed by atoms with van der Waals surface area (Å²) in [5, 5.41) is 8.27. The summed E-state index contributed by atoms with van der Waals surface area (Å²) in [6.07, 6.45) is 12.0. The normalized spacial score (nSPS) is 23.8. The number of rotatable bonds is 2. The second kappa shape index (κ2) is 5.92. The molecule has 6 heteroatoms. The Labute approximate surface area is 141 Å². The standard InChI is InChI=1S/C18H22N4O2/c1-21-11-6-14(19-21)16-12-15(20-24-16)17(23)22-10-5-9-18(13-22)7-3-2-4-8-18/h2-3,6,11-12H,4-5,7-10,13H2,1H3/t18-/m1/s1. The lowest BCUT2D eigenvalue weighted by atomic mass is 9.71. The molecule has 2 aliphatic rings. The number of allylic oxidation sites excluding steroid dienone is 2. The summed E-state index contributed by atoms with van der Waals surface area (Å²) in [7, 11) is 1.84. The maximum Gasteiger partial charge on any atom is 0.276 e. The van der Waals surface area contributed by atoms with Gasteiger partial charge >= 0.3 is 0 Å². The Balaban J connectivity index is 1.51. The average molecular weight is 326 g/mol. The molecule has 0 bridgehead atoms. The van der Waals surface area contributed by atoms with Gasteiger partial charge in [-0.2, -0.15) is 5.10 Å². The van der Waals surface area contributed by atoms with Gasteiger partial charge in [0.2, 0.25) is 0 Å². The van der Waals surface area contributed by atoms with E-state index in [2.05, 4.69) is 22.4 Å². The van der Waals surface area contributed by atoms with E-state index in [1.807, 2.05) is 24.2 Å². The lowest BCUT2D eigenvalue weighted by Gasteiger charge is -2.43. The molecule has 1 aliphatic carbocycles. The summed E-state index contributed by atoms with van der Waals surface area (Å²) < 4.78 is 7.03. The van der Waals surface area contributed by atoms with Crippen LogP contribution in [-0.2, 0) is 7.05 Å². The number of carbonyl (C=O) groups excluding carboxylic acids is 1. The van der Waals surface area contributed by atoms with Crippen LogP contribution in [0.25, 0.3) is 11.5 Å². The van der Waals surface area contributed by atoms with E-state index in [0.717, 1.165) is 32.4 Å². The fourth-order valence-corrected chi connectivity index (χ4v) is 3.90. The number of aryl methyl sites for hydroxylation is 1. The van der Waals surface area contributed by atoms with E-state index in [1.165, 1.54) is 12.8 Å². The third kappa shape index (κ3) is 2.77. The van der Waals surface area contributed by atoms with Gasteiger partial charge in [0.15, 0.2) is 11.5 Å². The van der Waals surface area contributed by atoms with Crippen LogP contribution < -0.4 is 0 Å². The third-order valence-electron chi connectivity index (χ3n) is 5.20. The van der Waals surface area contributed by atoms with Crippen molar-refractivity contribution in [2.24, 2.45) is 12.5 Å². The molecule has 6 nitrogen and oxygen atoms in total. The molecule has 1 aliphatic heterocycles. The van der Waals surface area contributed by atoms with Crippen molar-refractivity contribution in [1.82, 2.24) is 19.8 Å².